The molecule has 1 aromatic carbocycles. The van der Waals surface area contributed by atoms with Crippen molar-refractivity contribution in [1.29, 1.82) is 0 Å². The second-order valence-electron chi connectivity index (χ2n) is 4.14. The fraction of sp³-hybridized carbons (Fsp3) is 0.455. The molecule has 0 atom stereocenters. The number of nitrogens with one attached hydrogen (secondary N) is 1. The van der Waals surface area contributed by atoms with Crippen LogP contribution < -0.4 is 10.5 Å². The minimum absolute atomic E-state index is 0.0143. The first-order valence-electron chi connectivity index (χ1n) is 5.54. The van der Waals surface area contributed by atoms with Gasteiger partial charge in [-0.2, -0.15) is 13.2 Å². The number of hydrogen-bond acceptors (Lipinski definition) is 3. The number of alkyl halides is 3. The number of rotatable bonds is 5. The van der Waals surface area contributed by atoms with E-state index >= 15 is 0 Å². The van der Waals surface area contributed by atoms with Crippen molar-refractivity contribution >= 4 is 15.7 Å². The van der Waals surface area contributed by atoms with Crippen molar-refractivity contribution in [2.24, 2.45) is 0 Å². The predicted octanol–water partition coefficient (Wildman–Crippen LogP) is 2.20. The topological polar surface area (TPSA) is 72.2 Å². The van der Waals surface area contributed by atoms with Gasteiger partial charge in [0.2, 0.25) is 10.0 Å². The van der Waals surface area contributed by atoms with Gasteiger partial charge in [0.25, 0.3) is 0 Å². The number of nitrogen functional groups attached to an aromatic ring is 1. The molecule has 1 aromatic rings. The quantitative estimate of drug-likeness (QED) is 0.646. The van der Waals surface area contributed by atoms with Crippen molar-refractivity contribution in [2.75, 3.05) is 12.3 Å². The Hall–Kier alpha value is -1.28. The molecule has 1 rings (SSSR count). The third-order valence-corrected chi connectivity index (χ3v) is 4.03. The van der Waals surface area contributed by atoms with Gasteiger partial charge < -0.3 is 5.73 Å². The van der Waals surface area contributed by atoms with Crippen LogP contribution in [0.5, 0.6) is 0 Å². The Labute approximate surface area is 109 Å². The summed E-state index contributed by atoms with van der Waals surface area (Å²) in [7, 11) is -3.83. The molecule has 0 bridgehead atoms. The van der Waals surface area contributed by atoms with E-state index in [1.54, 1.807) is 19.1 Å². The molecule has 108 valence electrons. The van der Waals surface area contributed by atoms with Gasteiger partial charge in [0.1, 0.15) is 0 Å². The second kappa shape index (κ2) is 5.79. The van der Waals surface area contributed by atoms with E-state index in [1.807, 2.05) is 0 Å². The first-order chi connectivity index (χ1) is 8.62. The standard InChI is InChI=1S/C11H15F3N2O2S/c1-8-3-4-9(15)7-10(8)19(17,18)16-6-2-5-11(12,13)14/h3-4,7,16H,2,5-6,15H2,1H3. The van der Waals surface area contributed by atoms with Gasteiger partial charge in [0.15, 0.2) is 0 Å². The summed E-state index contributed by atoms with van der Waals surface area (Å²) in [5, 5.41) is 0. The van der Waals surface area contributed by atoms with Gasteiger partial charge in [0, 0.05) is 18.7 Å². The third-order valence-electron chi connectivity index (χ3n) is 2.43. The smallest absolute Gasteiger partial charge is 0.389 e. The summed E-state index contributed by atoms with van der Waals surface area (Å²) in [5.74, 6) is 0. The summed E-state index contributed by atoms with van der Waals surface area (Å²) in [6, 6.07) is 4.37. The molecule has 0 unspecified atom stereocenters. The largest absolute Gasteiger partial charge is 0.399 e. The highest BCUT2D eigenvalue weighted by atomic mass is 32.2. The lowest BCUT2D eigenvalue weighted by atomic mass is 10.2. The summed E-state index contributed by atoms with van der Waals surface area (Å²) in [5.41, 5.74) is 6.26. The van der Waals surface area contributed by atoms with Crippen molar-refractivity contribution in [1.82, 2.24) is 4.72 Å². The van der Waals surface area contributed by atoms with Crippen molar-refractivity contribution in [3.05, 3.63) is 23.8 Å². The van der Waals surface area contributed by atoms with Gasteiger partial charge >= 0.3 is 6.18 Å². The Morgan fingerprint density at radius 1 is 1.32 bits per heavy atom. The molecule has 0 saturated carbocycles. The molecule has 0 aliphatic heterocycles. The van der Waals surface area contributed by atoms with Gasteiger partial charge in [0.05, 0.1) is 4.90 Å². The van der Waals surface area contributed by atoms with E-state index in [4.69, 9.17) is 5.73 Å². The van der Waals surface area contributed by atoms with Crippen LogP contribution >= 0.6 is 0 Å². The van der Waals surface area contributed by atoms with E-state index in [0.29, 0.717) is 5.56 Å². The highest BCUT2D eigenvalue weighted by Gasteiger charge is 2.26. The number of sulfonamides is 1. The van der Waals surface area contributed by atoms with Crippen molar-refractivity contribution in [2.45, 2.75) is 30.8 Å². The predicted molar refractivity (Wildman–Crippen MR) is 66.1 cm³/mol. The molecule has 0 fully saturated rings. The van der Waals surface area contributed by atoms with E-state index in [2.05, 4.69) is 4.72 Å². The van der Waals surface area contributed by atoms with Crippen molar-refractivity contribution in [3.63, 3.8) is 0 Å². The minimum atomic E-state index is -4.28. The molecular formula is C11H15F3N2O2S. The van der Waals surface area contributed by atoms with Gasteiger partial charge in [-0.15, -0.1) is 0 Å². The lowest BCUT2D eigenvalue weighted by Crippen LogP contribution is -2.26. The molecule has 0 radical (unpaired) electrons. The SMILES string of the molecule is Cc1ccc(N)cc1S(=O)(=O)NCCCC(F)(F)F. The maximum Gasteiger partial charge on any atom is 0.389 e. The van der Waals surface area contributed by atoms with Crippen LogP contribution in [0.15, 0.2) is 23.1 Å². The molecule has 0 spiro atoms. The summed E-state index contributed by atoms with van der Waals surface area (Å²) >= 11 is 0. The van der Waals surface area contributed by atoms with E-state index in [9.17, 15) is 21.6 Å². The molecule has 19 heavy (non-hydrogen) atoms. The summed E-state index contributed by atoms with van der Waals surface area (Å²) < 4.78 is 61.7. The highest BCUT2D eigenvalue weighted by Crippen LogP contribution is 2.21. The zero-order valence-corrected chi connectivity index (χ0v) is 11.1. The van der Waals surface area contributed by atoms with E-state index in [-0.39, 0.29) is 23.5 Å². The van der Waals surface area contributed by atoms with Crippen LogP contribution in [0.25, 0.3) is 0 Å². The normalized spacial score (nSPS) is 12.6. The molecule has 8 heteroatoms. The Bertz CT molecular complexity index is 541. The number of nitrogens with two attached hydrogens (primary N) is 1. The maximum absolute atomic E-state index is 11.9. The Morgan fingerprint density at radius 3 is 2.53 bits per heavy atom. The Kier molecular flexibility index (Phi) is 4.81. The maximum atomic E-state index is 11.9. The average Bonchev–Trinajstić information content (AvgIpc) is 2.26. The van der Waals surface area contributed by atoms with Crippen LogP contribution in [-0.2, 0) is 10.0 Å². The van der Waals surface area contributed by atoms with E-state index < -0.39 is 22.6 Å². The van der Waals surface area contributed by atoms with Crippen molar-refractivity contribution < 1.29 is 21.6 Å². The average molecular weight is 296 g/mol. The number of hydrogen-bond donors (Lipinski definition) is 2. The molecule has 4 nitrogen and oxygen atoms in total. The Morgan fingerprint density at radius 2 is 1.95 bits per heavy atom. The van der Waals surface area contributed by atoms with Gasteiger partial charge in [-0.25, -0.2) is 13.1 Å². The van der Waals surface area contributed by atoms with Crippen LogP contribution in [-0.4, -0.2) is 21.1 Å². The highest BCUT2D eigenvalue weighted by molar-refractivity contribution is 7.89. The molecular weight excluding hydrogens is 281 g/mol. The number of benzene rings is 1. The molecule has 0 heterocycles. The van der Waals surface area contributed by atoms with Crippen LogP contribution in [0.3, 0.4) is 0 Å². The van der Waals surface area contributed by atoms with Crippen LogP contribution in [0, 0.1) is 6.92 Å². The lowest BCUT2D eigenvalue weighted by Gasteiger charge is -2.10. The van der Waals surface area contributed by atoms with Gasteiger partial charge in [-0.05, 0) is 31.0 Å². The number of anilines is 1. The first-order valence-corrected chi connectivity index (χ1v) is 7.03. The van der Waals surface area contributed by atoms with E-state index in [0.717, 1.165) is 0 Å². The zero-order chi connectivity index (χ0) is 14.7. The molecule has 0 amide bonds. The van der Waals surface area contributed by atoms with Crippen LogP contribution in [0.2, 0.25) is 0 Å². The van der Waals surface area contributed by atoms with Crippen LogP contribution in [0.4, 0.5) is 18.9 Å². The fourth-order valence-corrected chi connectivity index (χ4v) is 2.83. The molecule has 0 aromatic heterocycles. The summed E-state index contributed by atoms with van der Waals surface area (Å²) in [4.78, 5) is -0.0143. The number of aryl methyl sites for hydroxylation is 1. The molecule has 0 aliphatic rings. The van der Waals surface area contributed by atoms with Gasteiger partial charge in [-0.3, -0.25) is 0 Å². The second-order valence-corrected chi connectivity index (χ2v) is 5.88. The summed E-state index contributed by atoms with van der Waals surface area (Å²) in [6.07, 6.45) is -5.60. The monoisotopic (exact) mass is 296 g/mol. The van der Waals surface area contributed by atoms with Gasteiger partial charge in [-0.1, -0.05) is 6.07 Å². The summed E-state index contributed by atoms with van der Waals surface area (Å²) in [6.45, 7) is 1.32. The Balaban J connectivity index is 2.69. The molecule has 0 aliphatic carbocycles. The minimum Gasteiger partial charge on any atom is -0.399 e. The zero-order valence-electron chi connectivity index (χ0n) is 10.3. The molecule has 3 N–H and O–H groups in total. The molecule has 0 saturated heterocycles. The first kappa shape index (κ1) is 15.8. The number of halogens is 3. The third kappa shape index (κ3) is 5.07. The lowest BCUT2D eigenvalue weighted by molar-refractivity contribution is -0.135. The van der Waals surface area contributed by atoms with Crippen molar-refractivity contribution in [3.8, 4) is 0 Å². The van der Waals surface area contributed by atoms with Crippen LogP contribution in [0.1, 0.15) is 18.4 Å². The van der Waals surface area contributed by atoms with E-state index in [1.165, 1.54) is 6.07 Å². The fourth-order valence-electron chi connectivity index (χ4n) is 1.48.